The average molecular weight is 423 g/mol. The summed E-state index contributed by atoms with van der Waals surface area (Å²) in [7, 11) is -3.96. The highest BCUT2D eigenvalue weighted by molar-refractivity contribution is 6.74. The van der Waals surface area contributed by atoms with Crippen molar-refractivity contribution in [2.75, 3.05) is 0 Å². The van der Waals surface area contributed by atoms with Crippen LogP contribution in [-0.4, -0.2) is 33.9 Å². The lowest BCUT2D eigenvalue weighted by Crippen LogP contribution is -2.44. The normalized spacial score (nSPS) is 27.6. The molecular formula is C23H42O3Si2. The largest absolute Gasteiger partial charge is 0.411 e. The second-order valence-corrected chi connectivity index (χ2v) is 21.3. The number of rotatable bonds is 6. The van der Waals surface area contributed by atoms with Crippen LogP contribution < -0.4 is 0 Å². The quantitative estimate of drug-likeness (QED) is 0.530. The summed E-state index contributed by atoms with van der Waals surface area (Å²) in [5.41, 5.74) is 0.516. The molecule has 0 amide bonds. The first-order valence-corrected chi connectivity index (χ1v) is 16.4. The minimum absolute atomic E-state index is 0.0716. The molecule has 0 heterocycles. The lowest BCUT2D eigenvalue weighted by molar-refractivity contribution is 0.0603. The van der Waals surface area contributed by atoms with Crippen LogP contribution in [0.5, 0.6) is 0 Å². The molecular weight excluding hydrogens is 380 g/mol. The lowest BCUT2D eigenvalue weighted by atomic mass is 9.94. The van der Waals surface area contributed by atoms with E-state index in [-0.39, 0.29) is 22.3 Å². The highest BCUT2D eigenvalue weighted by Crippen LogP contribution is 2.61. The van der Waals surface area contributed by atoms with Gasteiger partial charge in [-0.25, -0.2) is 0 Å². The summed E-state index contributed by atoms with van der Waals surface area (Å²) in [6.45, 7) is 24.8. The zero-order valence-electron chi connectivity index (χ0n) is 19.9. The van der Waals surface area contributed by atoms with Crippen LogP contribution in [0.25, 0.3) is 0 Å². The molecule has 1 fully saturated rings. The number of hydrogen-bond acceptors (Lipinski definition) is 3. The van der Waals surface area contributed by atoms with E-state index in [4.69, 9.17) is 8.85 Å². The summed E-state index contributed by atoms with van der Waals surface area (Å²) in [4.78, 5) is 0. The van der Waals surface area contributed by atoms with Gasteiger partial charge in [0.15, 0.2) is 16.6 Å². The van der Waals surface area contributed by atoms with Crippen LogP contribution in [-0.2, 0) is 8.85 Å². The molecule has 0 aromatic heterocycles. The van der Waals surface area contributed by atoms with Crippen molar-refractivity contribution in [3.63, 3.8) is 0 Å². The van der Waals surface area contributed by atoms with Crippen molar-refractivity contribution in [3.05, 3.63) is 35.9 Å². The molecule has 160 valence electrons. The van der Waals surface area contributed by atoms with Crippen LogP contribution in [0.3, 0.4) is 0 Å². The maximum absolute atomic E-state index is 11.3. The summed E-state index contributed by atoms with van der Waals surface area (Å²) in [6.07, 6.45) is -0.742. The summed E-state index contributed by atoms with van der Waals surface area (Å²) < 4.78 is 13.6. The van der Waals surface area contributed by atoms with Gasteiger partial charge in [0.2, 0.25) is 0 Å². The minimum atomic E-state index is -1.98. The summed E-state index contributed by atoms with van der Waals surface area (Å²) >= 11 is 0. The SMILES string of the molecule is CC1([C@@H](O)c2ccccc2)[C@H](O[Si](C)(C)C(C)(C)C)[C@@H]1O[Si](C)(C)C(C)(C)C. The van der Waals surface area contributed by atoms with E-state index < -0.39 is 28.2 Å². The third kappa shape index (κ3) is 4.34. The Morgan fingerprint density at radius 1 is 0.821 bits per heavy atom. The molecule has 1 N–H and O–H groups in total. The van der Waals surface area contributed by atoms with E-state index in [1.807, 2.05) is 30.3 Å². The van der Waals surface area contributed by atoms with Crippen molar-refractivity contribution in [2.45, 2.75) is 103 Å². The summed E-state index contributed by atoms with van der Waals surface area (Å²) in [5.74, 6) is 0. The zero-order chi connectivity index (χ0) is 21.8. The predicted octanol–water partition coefficient (Wildman–Crippen LogP) is 6.52. The lowest BCUT2D eigenvalue weighted by Gasteiger charge is -2.38. The Kier molecular flexibility index (Phi) is 6.24. The van der Waals surface area contributed by atoms with Gasteiger partial charge in [-0.2, -0.15) is 0 Å². The molecule has 0 bridgehead atoms. The van der Waals surface area contributed by atoms with E-state index in [1.165, 1.54) is 0 Å². The fourth-order valence-electron chi connectivity index (χ4n) is 3.12. The first-order chi connectivity index (χ1) is 12.5. The monoisotopic (exact) mass is 422 g/mol. The molecule has 0 saturated heterocycles. The smallest absolute Gasteiger partial charge is 0.192 e. The van der Waals surface area contributed by atoms with Gasteiger partial charge in [-0.1, -0.05) is 78.8 Å². The van der Waals surface area contributed by atoms with E-state index >= 15 is 0 Å². The maximum Gasteiger partial charge on any atom is 0.192 e. The van der Waals surface area contributed by atoms with Gasteiger partial charge in [0.1, 0.15) is 0 Å². The van der Waals surface area contributed by atoms with Crippen LogP contribution in [0.4, 0.5) is 0 Å². The minimum Gasteiger partial charge on any atom is -0.411 e. The van der Waals surface area contributed by atoms with Gasteiger partial charge in [-0.15, -0.1) is 0 Å². The third-order valence-electron chi connectivity index (χ3n) is 7.55. The van der Waals surface area contributed by atoms with Crippen LogP contribution in [0.15, 0.2) is 30.3 Å². The van der Waals surface area contributed by atoms with Crippen molar-refractivity contribution in [1.82, 2.24) is 0 Å². The van der Waals surface area contributed by atoms with Crippen LogP contribution >= 0.6 is 0 Å². The molecule has 1 aliphatic carbocycles. The van der Waals surface area contributed by atoms with Gasteiger partial charge in [-0.05, 0) is 41.8 Å². The van der Waals surface area contributed by atoms with Gasteiger partial charge in [0.05, 0.1) is 23.7 Å². The van der Waals surface area contributed by atoms with Crippen molar-refractivity contribution in [3.8, 4) is 0 Å². The molecule has 1 aromatic carbocycles. The van der Waals surface area contributed by atoms with Crippen LogP contribution in [0.2, 0.25) is 36.3 Å². The van der Waals surface area contributed by atoms with Gasteiger partial charge in [0, 0.05) is 0 Å². The van der Waals surface area contributed by atoms with Gasteiger partial charge >= 0.3 is 0 Å². The second-order valence-electron chi connectivity index (χ2n) is 11.8. The molecule has 2 rings (SSSR count). The van der Waals surface area contributed by atoms with E-state index in [0.29, 0.717) is 0 Å². The molecule has 0 aliphatic heterocycles. The van der Waals surface area contributed by atoms with E-state index in [0.717, 1.165) is 5.56 Å². The molecule has 1 saturated carbocycles. The molecule has 28 heavy (non-hydrogen) atoms. The molecule has 4 atom stereocenters. The first kappa shape index (κ1) is 23.8. The molecule has 1 aliphatic rings. The Balaban J connectivity index is 2.36. The molecule has 0 radical (unpaired) electrons. The first-order valence-electron chi connectivity index (χ1n) is 10.5. The third-order valence-corrected chi connectivity index (χ3v) is 16.5. The van der Waals surface area contributed by atoms with Crippen LogP contribution in [0, 0.1) is 5.41 Å². The van der Waals surface area contributed by atoms with Gasteiger partial charge in [-0.3, -0.25) is 0 Å². The van der Waals surface area contributed by atoms with Gasteiger partial charge < -0.3 is 14.0 Å². The Bertz CT molecular complexity index is 637. The van der Waals surface area contributed by atoms with E-state index in [9.17, 15) is 5.11 Å². The Labute approximate surface area is 175 Å². The summed E-state index contributed by atoms with van der Waals surface area (Å²) in [6, 6.07) is 9.95. The average Bonchev–Trinajstić information content (AvgIpc) is 3.08. The predicted molar refractivity (Wildman–Crippen MR) is 124 cm³/mol. The van der Waals surface area contributed by atoms with Crippen molar-refractivity contribution < 1.29 is 14.0 Å². The topological polar surface area (TPSA) is 38.7 Å². The Morgan fingerprint density at radius 3 is 1.50 bits per heavy atom. The van der Waals surface area contributed by atoms with Crippen molar-refractivity contribution in [2.24, 2.45) is 5.41 Å². The molecule has 3 nitrogen and oxygen atoms in total. The van der Waals surface area contributed by atoms with Crippen LogP contribution in [0.1, 0.15) is 60.1 Å². The Hall–Kier alpha value is -0.466. The van der Waals surface area contributed by atoms with E-state index in [2.05, 4.69) is 74.7 Å². The van der Waals surface area contributed by atoms with Gasteiger partial charge in [0.25, 0.3) is 0 Å². The van der Waals surface area contributed by atoms with Crippen molar-refractivity contribution in [1.29, 1.82) is 0 Å². The number of aliphatic hydroxyl groups is 1. The zero-order valence-corrected chi connectivity index (χ0v) is 21.9. The molecule has 0 spiro atoms. The second kappa shape index (κ2) is 7.34. The number of aliphatic hydroxyl groups excluding tert-OH is 1. The number of benzene rings is 1. The Morgan fingerprint density at radius 2 is 1.18 bits per heavy atom. The summed E-state index contributed by atoms with van der Waals surface area (Å²) in [5, 5.41) is 11.6. The van der Waals surface area contributed by atoms with E-state index in [1.54, 1.807) is 0 Å². The van der Waals surface area contributed by atoms with Crippen molar-refractivity contribution >= 4 is 16.6 Å². The standard InChI is InChI=1S/C23H42O3Si2/c1-21(2,3)27(8,9)25-19-20(26-28(10,11)22(4,5)6)23(19,7)18(24)17-15-13-12-14-16-17/h12-16,18-20,24H,1-11H3/t18-,19-,20+,23?/m0/s1. The number of hydrogen-bond donors (Lipinski definition) is 1. The maximum atomic E-state index is 11.3. The molecule has 5 heteroatoms. The highest BCUT2D eigenvalue weighted by atomic mass is 28.4. The molecule has 1 aromatic rings. The highest BCUT2D eigenvalue weighted by Gasteiger charge is 2.70. The fraction of sp³-hybridized carbons (Fsp3) is 0.739. The molecule has 1 unspecified atom stereocenters. The fourth-order valence-corrected chi connectivity index (χ4v) is 5.86.